The third-order valence-corrected chi connectivity index (χ3v) is 1.82. The van der Waals surface area contributed by atoms with Crippen LogP contribution in [0.15, 0.2) is 23.2 Å². The van der Waals surface area contributed by atoms with Gasteiger partial charge in [-0.2, -0.15) is 0 Å². The molecule has 12 heavy (non-hydrogen) atoms. The molecule has 0 saturated heterocycles. The van der Waals surface area contributed by atoms with Crippen LogP contribution in [0.5, 0.6) is 5.75 Å². The number of benzene rings is 1. The summed E-state index contributed by atoms with van der Waals surface area (Å²) < 4.78 is 5.08. The largest absolute Gasteiger partial charge is 0.497 e. The van der Waals surface area contributed by atoms with Gasteiger partial charge in [0.15, 0.2) is 0 Å². The number of nitrogens with one attached hydrogen (secondary N) is 1. The molecule has 0 fully saturated rings. The lowest BCUT2D eigenvalue weighted by atomic mass is 10.2. The Labute approximate surface area is 71.1 Å². The molecule has 0 aromatic heterocycles. The summed E-state index contributed by atoms with van der Waals surface area (Å²) in [6.07, 6.45) is 1.85. The van der Waals surface area contributed by atoms with Gasteiger partial charge in [-0.25, -0.2) is 0 Å². The molecule has 1 aromatic rings. The zero-order chi connectivity index (χ0) is 8.39. The van der Waals surface area contributed by atoms with Crippen LogP contribution in [0.25, 0.3) is 0 Å². The molecule has 0 aliphatic carbocycles. The zero-order valence-corrected chi connectivity index (χ0v) is 6.87. The number of hydrogen-bond acceptors (Lipinski definition) is 3. The van der Waals surface area contributed by atoms with E-state index in [1.54, 1.807) is 7.11 Å². The second kappa shape index (κ2) is 2.85. The van der Waals surface area contributed by atoms with Crippen molar-refractivity contribution in [1.29, 1.82) is 0 Å². The van der Waals surface area contributed by atoms with Crippen LogP contribution in [-0.2, 0) is 0 Å². The fourth-order valence-electron chi connectivity index (χ4n) is 1.19. The summed E-state index contributed by atoms with van der Waals surface area (Å²) >= 11 is 0. The minimum absolute atomic E-state index is 0.805. The average molecular weight is 162 g/mol. The minimum Gasteiger partial charge on any atom is -0.497 e. The van der Waals surface area contributed by atoms with Crippen LogP contribution in [0.1, 0.15) is 0 Å². The molecule has 1 aliphatic rings. The number of methoxy groups -OCH3 is 1. The Morgan fingerprint density at radius 3 is 3.25 bits per heavy atom. The summed E-state index contributed by atoms with van der Waals surface area (Å²) in [6, 6.07) is 5.81. The summed E-state index contributed by atoms with van der Waals surface area (Å²) in [5, 5.41) is 3.21. The quantitative estimate of drug-likeness (QED) is 0.683. The van der Waals surface area contributed by atoms with Crippen LogP contribution in [0.3, 0.4) is 0 Å². The molecule has 1 aromatic carbocycles. The Morgan fingerprint density at radius 1 is 1.50 bits per heavy atom. The van der Waals surface area contributed by atoms with Crippen LogP contribution in [0.2, 0.25) is 0 Å². The minimum atomic E-state index is 0.805. The van der Waals surface area contributed by atoms with Crippen molar-refractivity contribution in [3.8, 4) is 5.75 Å². The number of nitrogens with zero attached hydrogens (tertiary/aromatic N) is 1. The molecular weight excluding hydrogens is 152 g/mol. The van der Waals surface area contributed by atoms with Crippen molar-refractivity contribution in [3.05, 3.63) is 18.2 Å². The lowest BCUT2D eigenvalue weighted by molar-refractivity contribution is 0.415. The molecule has 0 bridgehead atoms. The fraction of sp³-hybridized carbons (Fsp3) is 0.222. The standard InChI is InChI=1S/C9H10N2O/c1-12-7-2-3-8-9(6-7)11-5-4-10-8/h2-3,5-6,10H,4H2,1H3. The monoisotopic (exact) mass is 162 g/mol. The first-order valence-corrected chi connectivity index (χ1v) is 3.84. The van der Waals surface area contributed by atoms with Crippen LogP contribution in [0, 0.1) is 0 Å². The Balaban J connectivity index is 2.44. The summed E-state index contributed by atoms with van der Waals surface area (Å²) in [6.45, 7) is 0.805. The van der Waals surface area contributed by atoms with Gasteiger partial charge in [-0.05, 0) is 12.1 Å². The first-order valence-electron chi connectivity index (χ1n) is 3.84. The van der Waals surface area contributed by atoms with Gasteiger partial charge in [-0.3, -0.25) is 4.99 Å². The lowest BCUT2D eigenvalue weighted by Gasteiger charge is -2.12. The molecule has 1 aliphatic heterocycles. The molecule has 0 radical (unpaired) electrons. The third-order valence-electron chi connectivity index (χ3n) is 1.82. The van der Waals surface area contributed by atoms with Crippen molar-refractivity contribution in [2.45, 2.75) is 0 Å². The van der Waals surface area contributed by atoms with Gasteiger partial charge in [0.05, 0.1) is 25.0 Å². The molecule has 62 valence electrons. The third kappa shape index (κ3) is 1.13. The highest BCUT2D eigenvalue weighted by atomic mass is 16.5. The summed E-state index contributed by atoms with van der Waals surface area (Å²) in [4.78, 5) is 4.23. The predicted octanol–water partition coefficient (Wildman–Crippen LogP) is 1.82. The smallest absolute Gasteiger partial charge is 0.121 e. The van der Waals surface area contributed by atoms with Crippen molar-refractivity contribution in [2.75, 3.05) is 19.0 Å². The van der Waals surface area contributed by atoms with E-state index in [-0.39, 0.29) is 0 Å². The maximum absolute atomic E-state index is 5.08. The summed E-state index contributed by atoms with van der Waals surface area (Å²) in [5.74, 6) is 0.842. The summed E-state index contributed by atoms with van der Waals surface area (Å²) in [5.41, 5.74) is 2.01. The van der Waals surface area contributed by atoms with E-state index in [2.05, 4.69) is 10.3 Å². The Hall–Kier alpha value is -1.51. The average Bonchev–Trinajstić information content (AvgIpc) is 2.17. The van der Waals surface area contributed by atoms with Crippen molar-refractivity contribution in [2.24, 2.45) is 4.99 Å². The van der Waals surface area contributed by atoms with Gasteiger partial charge in [0, 0.05) is 12.3 Å². The second-order valence-electron chi connectivity index (χ2n) is 2.58. The van der Waals surface area contributed by atoms with Gasteiger partial charge in [-0.15, -0.1) is 0 Å². The van der Waals surface area contributed by atoms with E-state index in [1.165, 1.54) is 0 Å². The molecule has 1 heterocycles. The molecule has 0 unspecified atom stereocenters. The van der Waals surface area contributed by atoms with Crippen molar-refractivity contribution >= 4 is 17.6 Å². The maximum Gasteiger partial charge on any atom is 0.121 e. The topological polar surface area (TPSA) is 33.6 Å². The van der Waals surface area contributed by atoms with Crippen molar-refractivity contribution in [3.63, 3.8) is 0 Å². The molecule has 0 atom stereocenters. The highest BCUT2D eigenvalue weighted by Crippen LogP contribution is 2.30. The Morgan fingerprint density at radius 2 is 2.42 bits per heavy atom. The Kier molecular flexibility index (Phi) is 1.70. The van der Waals surface area contributed by atoms with E-state index in [4.69, 9.17) is 4.74 Å². The molecule has 0 saturated carbocycles. The SMILES string of the molecule is COc1ccc2c(c1)N=CCN2. The van der Waals surface area contributed by atoms with Crippen LogP contribution in [0.4, 0.5) is 11.4 Å². The zero-order valence-electron chi connectivity index (χ0n) is 6.87. The predicted molar refractivity (Wildman–Crippen MR) is 49.6 cm³/mol. The van der Waals surface area contributed by atoms with Crippen molar-refractivity contribution in [1.82, 2.24) is 0 Å². The first kappa shape index (κ1) is 7.16. The highest BCUT2D eigenvalue weighted by molar-refractivity contribution is 5.81. The second-order valence-corrected chi connectivity index (χ2v) is 2.58. The summed E-state index contributed by atoms with van der Waals surface area (Å²) in [7, 11) is 1.65. The van der Waals surface area contributed by atoms with Gasteiger partial charge in [-0.1, -0.05) is 0 Å². The van der Waals surface area contributed by atoms with Crippen LogP contribution >= 0.6 is 0 Å². The van der Waals surface area contributed by atoms with E-state index in [1.807, 2.05) is 24.4 Å². The van der Waals surface area contributed by atoms with E-state index in [0.29, 0.717) is 0 Å². The van der Waals surface area contributed by atoms with Gasteiger partial charge >= 0.3 is 0 Å². The maximum atomic E-state index is 5.08. The van der Waals surface area contributed by atoms with Crippen LogP contribution < -0.4 is 10.1 Å². The van der Waals surface area contributed by atoms with E-state index in [0.717, 1.165) is 23.7 Å². The molecule has 3 heteroatoms. The molecule has 1 N–H and O–H groups in total. The lowest BCUT2D eigenvalue weighted by Crippen LogP contribution is -2.06. The fourth-order valence-corrected chi connectivity index (χ4v) is 1.19. The van der Waals surface area contributed by atoms with Crippen LogP contribution in [-0.4, -0.2) is 19.9 Å². The number of fused-ring (bicyclic) bond motifs is 1. The van der Waals surface area contributed by atoms with Gasteiger partial charge in [0.25, 0.3) is 0 Å². The van der Waals surface area contributed by atoms with E-state index in [9.17, 15) is 0 Å². The normalized spacial score (nSPS) is 13.4. The number of ether oxygens (including phenoxy) is 1. The number of hydrogen-bond donors (Lipinski definition) is 1. The van der Waals surface area contributed by atoms with Gasteiger partial charge < -0.3 is 10.1 Å². The first-order chi connectivity index (χ1) is 5.90. The van der Waals surface area contributed by atoms with Gasteiger partial charge in [0.2, 0.25) is 0 Å². The number of aliphatic imine (C=N–C) groups is 1. The molecule has 0 amide bonds. The van der Waals surface area contributed by atoms with E-state index < -0.39 is 0 Å². The highest BCUT2D eigenvalue weighted by Gasteiger charge is 2.04. The number of anilines is 1. The molecule has 3 nitrogen and oxygen atoms in total. The van der Waals surface area contributed by atoms with Crippen molar-refractivity contribution < 1.29 is 4.74 Å². The molecular formula is C9H10N2O. The number of rotatable bonds is 1. The van der Waals surface area contributed by atoms with E-state index >= 15 is 0 Å². The molecule has 2 rings (SSSR count). The van der Waals surface area contributed by atoms with Gasteiger partial charge in [0.1, 0.15) is 5.75 Å². The Bertz CT molecular complexity index is 320. The molecule has 0 spiro atoms.